The van der Waals surface area contributed by atoms with Gasteiger partial charge in [0.25, 0.3) is 0 Å². The SMILES string of the molecule is C#Cc1cc(B2OC(C)(C)C(C)(C)O2)cc(C(=O)O)c1. The van der Waals surface area contributed by atoms with Crippen LogP contribution in [0.15, 0.2) is 18.2 Å². The van der Waals surface area contributed by atoms with E-state index in [1.54, 1.807) is 6.07 Å². The zero-order valence-electron chi connectivity index (χ0n) is 12.1. The van der Waals surface area contributed by atoms with E-state index in [0.717, 1.165) is 0 Å². The Hall–Kier alpha value is -1.77. The lowest BCUT2D eigenvalue weighted by molar-refractivity contribution is 0.00578. The third kappa shape index (κ3) is 2.45. The summed E-state index contributed by atoms with van der Waals surface area (Å²) in [5, 5.41) is 9.13. The number of carboxylic acids is 1. The molecule has 2 rings (SSSR count). The van der Waals surface area contributed by atoms with Gasteiger partial charge < -0.3 is 14.4 Å². The van der Waals surface area contributed by atoms with Crippen molar-refractivity contribution in [2.75, 3.05) is 0 Å². The fraction of sp³-hybridized carbons (Fsp3) is 0.400. The molecule has 0 aliphatic carbocycles. The van der Waals surface area contributed by atoms with Crippen LogP contribution < -0.4 is 5.46 Å². The lowest BCUT2D eigenvalue weighted by Gasteiger charge is -2.32. The summed E-state index contributed by atoms with van der Waals surface area (Å²) in [6.07, 6.45) is 5.37. The number of aromatic carboxylic acids is 1. The fourth-order valence-electron chi connectivity index (χ4n) is 1.97. The smallest absolute Gasteiger partial charge is 0.478 e. The van der Waals surface area contributed by atoms with Crippen molar-refractivity contribution in [3.8, 4) is 12.3 Å². The normalized spacial score (nSPS) is 19.6. The summed E-state index contributed by atoms with van der Waals surface area (Å²) in [6.45, 7) is 7.76. The standard InChI is InChI=1S/C15H17BO4/c1-6-10-7-11(13(17)18)9-12(8-10)16-19-14(2,3)15(4,5)20-16/h1,7-9H,2-5H3,(H,17,18). The summed E-state index contributed by atoms with van der Waals surface area (Å²) in [7, 11) is -0.619. The molecule has 4 nitrogen and oxygen atoms in total. The van der Waals surface area contributed by atoms with Crippen molar-refractivity contribution >= 4 is 18.6 Å². The van der Waals surface area contributed by atoms with Crippen molar-refractivity contribution in [2.45, 2.75) is 38.9 Å². The summed E-state index contributed by atoms with van der Waals surface area (Å²) in [6, 6.07) is 4.71. The van der Waals surface area contributed by atoms with Gasteiger partial charge >= 0.3 is 13.1 Å². The predicted molar refractivity (Wildman–Crippen MR) is 77.1 cm³/mol. The van der Waals surface area contributed by atoms with Crippen LogP contribution in [0.4, 0.5) is 0 Å². The van der Waals surface area contributed by atoms with E-state index < -0.39 is 24.3 Å². The van der Waals surface area contributed by atoms with Crippen LogP contribution >= 0.6 is 0 Å². The second-order valence-corrected chi connectivity index (χ2v) is 5.88. The first-order chi connectivity index (χ1) is 9.16. The van der Waals surface area contributed by atoms with Crippen LogP contribution in [0.25, 0.3) is 0 Å². The summed E-state index contributed by atoms with van der Waals surface area (Å²) in [5.41, 5.74) is 0.289. The van der Waals surface area contributed by atoms with Gasteiger partial charge in [0, 0.05) is 5.56 Å². The molecule has 0 amide bonds. The molecule has 0 atom stereocenters. The summed E-state index contributed by atoms with van der Waals surface area (Å²) in [4.78, 5) is 11.1. The Morgan fingerprint density at radius 3 is 2.20 bits per heavy atom. The van der Waals surface area contributed by atoms with Gasteiger partial charge in [-0.15, -0.1) is 6.42 Å². The van der Waals surface area contributed by atoms with Gasteiger partial charge in [-0.2, -0.15) is 0 Å². The zero-order valence-corrected chi connectivity index (χ0v) is 12.1. The summed E-state index contributed by atoms with van der Waals surface area (Å²) >= 11 is 0. The number of benzene rings is 1. The molecule has 0 saturated carbocycles. The number of hydrogen-bond acceptors (Lipinski definition) is 3. The monoisotopic (exact) mass is 272 g/mol. The first-order valence-electron chi connectivity index (χ1n) is 6.37. The molecule has 1 saturated heterocycles. The molecule has 0 aromatic heterocycles. The maximum atomic E-state index is 11.1. The lowest BCUT2D eigenvalue weighted by Crippen LogP contribution is -2.41. The number of rotatable bonds is 2. The molecule has 5 heteroatoms. The molecule has 1 aliphatic heterocycles. The molecule has 0 unspecified atom stereocenters. The predicted octanol–water partition coefficient (Wildman–Crippen LogP) is 1.67. The van der Waals surface area contributed by atoms with Gasteiger partial charge in [0.15, 0.2) is 0 Å². The largest absolute Gasteiger partial charge is 0.494 e. The Morgan fingerprint density at radius 2 is 1.75 bits per heavy atom. The molecule has 1 heterocycles. The van der Waals surface area contributed by atoms with Crippen LogP contribution in [0.1, 0.15) is 43.6 Å². The third-order valence-corrected chi connectivity index (χ3v) is 3.89. The first-order valence-corrected chi connectivity index (χ1v) is 6.37. The van der Waals surface area contributed by atoms with Crippen LogP contribution in [0.2, 0.25) is 0 Å². The summed E-state index contributed by atoms with van der Waals surface area (Å²) in [5.74, 6) is 1.43. The topological polar surface area (TPSA) is 55.8 Å². The van der Waals surface area contributed by atoms with Crippen molar-refractivity contribution < 1.29 is 19.2 Å². The molecule has 104 valence electrons. The van der Waals surface area contributed by atoms with Gasteiger partial charge in [0.05, 0.1) is 16.8 Å². The first kappa shape index (κ1) is 14.6. The Balaban J connectivity index is 2.43. The van der Waals surface area contributed by atoms with Crippen molar-refractivity contribution in [1.82, 2.24) is 0 Å². The number of terminal acetylenes is 1. The van der Waals surface area contributed by atoms with E-state index in [2.05, 4.69) is 5.92 Å². The van der Waals surface area contributed by atoms with Crippen LogP contribution in [0.3, 0.4) is 0 Å². The number of carboxylic acid groups (broad SMARTS) is 1. The Kier molecular flexibility index (Phi) is 3.41. The van der Waals surface area contributed by atoms with Crippen LogP contribution in [0.5, 0.6) is 0 Å². The maximum Gasteiger partial charge on any atom is 0.494 e. The Bertz CT molecular complexity index is 582. The molecule has 1 N–H and O–H groups in total. The van der Waals surface area contributed by atoms with E-state index in [1.165, 1.54) is 12.1 Å². The maximum absolute atomic E-state index is 11.1. The zero-order chi connectivity index (χ0) is 15.1. The highest BCUT2D eigenvalue weighted by Crippen LogP contribution is 2.36. The highest BCUT2D eigenvalue weighted by molar-refractivity contribution is 6.62. The Labute approximate surface area is 119 Å². The minimum Gasteiger partial charge on any atom is -0.478 e. The third-order valence-electron chi connectivity index (χ3n) is 3.89. The van der Waals surface area contributed by atoms with Crippen molar-refractivity contribution in [3.05, 3.63) is 29.3 Å². The van der Waals surface area contributed by atoms with E-state index in [9.17, 15) is 4.79 Å². The minimum absolute atomic E-state index is 0.130. The molecule has 1 aromatic rings. The average molecular weight is 272 g/mol. The fourth-order valence-corrected chi connectivity index (χ4v) is 1.97. The molecule has 0 spiro atoms. The molecular formula is C15H17BO4. The van der Waals surface area contributed by atoms with Gasteiger partial charge in [-0.3, -0.25) is 0 Å². The number of hydrogen-bond donors (Lipinski definition) is 1. The van der Waals surface area contributed by atoms with Crippen LogP contribution in [-0.2, 0) is 9.31 Å². The van der Waals surface area contributed by atoms with Gasteiger partial charge in [-0.05, 0) is 51.4 Å². The van der Waals surface area contributed by atoms with Crippen molar-refractivity contribution in [3.63, 3.8) is 0 Å². The molecule has 1 fully saturated rings. The molecule has 0 radical (unpaired) electrons. The van der Waals surface area contributed by atoms with E-state index in [-0.39, 0.29) is 5.56 Å². The molecule has 0 bridgehead atoms. The van der Waals surface area contributed by atoms with Crippen molar-refractivity contribution in [1.29, 1.82) is 0 Å². The molecule has 20 heavy (non-hydrogen) atoms. The van der Waals surface area contributed by atoms with Gasteiger partial charge in [0.1, 0.15) is 0 Å². The quantitative estimate of drug-likeness (QED) is 0.657. The van der Waals surface area contributed by atoms with Crippen molar-refractivity contribution in [2.24, 2.45) is 0 Å². The average Bonchev–Trinajstić information content (AvgIpc) is 2.58. The van der Waals surface area contributed by atoms with Crippen LogP contribution in [0, 0.1) is 12.3 Å². The molecular weight excluding hydrogens is 255 g/mol. The van der Waals surface area contributed by atoms with Gasteiger partial charge in [0.2, 0.25) is 0 Å². The van der Waals surface area contributed by atoms with E-state index in [0.29, 0.717) is 11.0 Å². The van der Waals surface area contributed by atoms with Crippen LogP contribution in [-0.4, -0.2) is 29.4 Å². The highest BCUT2D eigenvalue weighted by atomic mass is 16.7. The molecule has 1 aliphatic rings. The number of carbonyl (C=O) groups is 1. The second-order valence-electron chi connectivity index (χ2n) is 5.88. The summed E-state index contributed by atoms with van der Waals surface area (Å²) < 4.78 is 11.8. The lowest BCUT2D eigenvalue weighted by atomic mass is 9.77. The van der Waals surface area contributed by atoms with Gasteiger partial charge in [-0.25, -0.2) is 4.79 Å². The Morgan fingerprint density at radius 1 is 1.20 bits per heavy atom. The molecule has 1 aromatic carbocycles. The minimum atomic E-state index is -1.03. The van der Waals surface area contributed by atoms with E-state index in [1.807, 2.05) is 27.7 Å². The highest BCUT2D eigenvalue weighted by Gasteiger charge is 2.51. The second kappa shape index (κ2) is 4.66. The van der Waals surface area contributed by atoms with E-state index in [4.69, 9.17) is 20.8 Å². The van der Waals surface area contributed by atoms with E-state index >= 15 is 0 Å². The van der Waals surface area contributed by atoms with Gasteiger partial charge in [-0.1, -0.05) is 5.92 Å².